The summed E-state index contributed by atoms with van der Waals surface area (Å²) in [5.74, 6) is -0.654. The third-order valence-corrected chi connectivity index (χ3v) is 6.31. The molecule has 37 heavy (non-hydrogen) atoms. The van der Waals surface area contributed by atoms with Crippen LogP contribution in [0.25, 0.3) is 22.5 Å². The molecule has 4 aromatic rings. The van der Waals surface area contributed by atoms with E-state index in [0.717, 1.165) is 39.6 Å². The number of hydrogen-bond acceptors (Lipinski definition) is 7. The second-order valence-corrected chi connectivity index (χ2v) is 8.72. The largest absolute Gasteiger partial charge is 0.478 e. The SMILES string of the molecule is C=C1Cc2cccc(C(=O)O)c2N(Cc2ccc(-c3ccccc3-c3ncc(=O)on3)cc2)C1OCC. The molecule has 0 amide bonds. The molecule has 0 saturated carbocycles. The van der Waals surface area contributed by atoms with Gasteiger partial charge >= 0.3 is 11.6 Å². The van der Waals surface area contributed by atoms with Crippen molar-refractivity contribution in [1.82, 2.24) is 10.1 Å². The van der Waals surface area contributed by atoms with Crippen molar-refractivity contribution >= 4 is 11.7 Å². The first kappa shape index (κ1) is 24.1. The van der Waals surface area contributed by atoms with Crippen molar-refractivity contribution in [3.63, 3.8) is 0 Å². The average molecular weight is 496 g/mol. The normalized spacial score (nSPS) is 14.9. The van der Waals surface area contributed by atoms with Crippen molar-refractivity contribution in [2.45, 2.75) is 26.1 Å². The molecule has 1 aromatic heterocycles. The lowest BCUT2D eigenvalue weighted by molar-refractivity contribution is 0.0689. The lowest BCUT2D eigenvalue weighted by atomic mass is 9.93. The zero-order chi connectivity index (χ0) is 25.9. The summed E-state index contributed by atoms with van der Waals surface area (Å²) in [5.41, 5.74) is 5.65. The lowest BCUT2D eigenvalue weighted by Gasteiger charge is -2.40. The zero-order valence-electron chi connectivity index (χ0n) is 20.3. The van der Waals surface area contributed by atoms with Crippen molar-refractivity contribution in [1.29, 1.82) is 0 Å². The van der Waals surface area contributed by atoms with Gasteiger partial charge in [-0.25, -0.2) is 14.6 Å². The number of carboxylic acid groups (broad SMARTS) is 1. The Morgan fingerprint density at radius 2 is 1.86 bits per heavy atom. The van der Waals surface area contributed by atoms with E-state index in [1.807, 2.05) is 66.4 Å². The fraction of sp³-hybridized carbons (Fsp3) is 0.172. The number of para-hydroxylation sites is 1. The molecule has 1 aliphatic rings. The molecule has 1 atom stereocenters. The highest BCUT2D eigenvalue weighted by Crippen LogP contribution is 2.38. The molecule has 1 aliphatic heterocycles. The van der Waals surface area contributed by atoms with E-state index < -0.39 is 17.8 Å². The number of anilines is 1. The minimum atomic E-state index is -0.976. The molecule has 0 saturated heterocycles. The molecule has 2 heterocycles. The van der Waals surface area contributed by atoms with Crippen LogP contribution in [0.5, 0.6) is 0 Å². The number of aromatic carboxylic acids is 1. The first-order valence-electron chi connectivity index (χ1n) is 11.9. The quantitative estimate of drug-likeness (QED) is 0.359. The van der Waals surface area contributed by atoms with Gasteiger partial charge in [0.25, 0.3) is 0 Å². The van der Waals surface area contributed by atoms with Gasteiger partial charge in [-0.15, -0.1) is 0 Å². The molecule has 0 fully saturated rings. The van der Waals surface area contributed by atoms with Crippen LogP contribution in [0.15, 0.2) is 94.4 Å². The predicted octanol–water partition coefficient (Wildman–Crippen LogP) is 4.94. The molecule has 0 bridgehead atoms. The number of ether oxygens (including phenoxy) is 1. The summed E-state index contributed by atoms with van der Waals surface area (Å²) in [4.78, 5) is 29.4. The molecular formula is C29H25N3O5. The summed E-state index contributed by atoms with van der Waals surface area (Å²) in [6, 6.07) is 20.9. The molecule has 0 aliphatic carbocycles. The third-order valence-electron chi connectivity index (χ3n) is 6.31. The molecule has 1 unspecified atom stereocenters. The highest BCUT2D eigenvalue weighted by atomic mass is 16.5. The van der Waals surface area contributed by atoms with Crippen LogP contribution in [-0.2, 0) is 17.7 Å². The fourth-order valence-electron chi connectivity index (χ4n) is 4.73. The lowest BCUT2D eigenvalue weighted by Crippen LogP contribution is -2.43. The summed E-state index contributed by atoms with van der Waals surface area (Å²) in [7, 11) is 0. The number of aromatic nitrogens is 2. The Labute approximate surface area is 213 Å². The minimum Gasteiger partial charge on any atom is -0.478 e. The maximum absolute atomic E-state index is 12.1. The van der Waals surface area contributed by atoms with Gasteiger partial charge in [0.1, 0.15) is 6.20 Å². The second-order valence-electron chi connectivity index (χ2n) is 8.72. The van der Waals surface area contributed by atoms with Gasteiger partial charge in [0.05, 0.1) is 11.3 Å². The van der Waals surface area contributed by atoms with E-state index in [9.17, 15) is 14.7 Å². The van der Waals surface area contributed by atoms with Crippen LogP contribution in [0, 0.1) is 0 Å². The van der Waals surface area contributed by atoms with Crippen molar-refractivity contribution < 1.29 is 19.2 Å². The molecule has 0 radical (unpaired) electrons. The summed E-state index contributed by atoms with van der Waals surface area (Å²) in [5, 5.41) is 13.7. The molecule has 186 valence electrons. The van der Waals surface area contributed by atoms with E-state index in [2.05, 4.69) is 16.7 Å². The van der Waals surface area contributed by atoms with E-state index in [4.69, 9.17) is 9.26 Å². The number of benzene rings is 3. The Morgan fingerprint density at radius 3 is 2.54 bits per heavy atom. The van der Waals surface area contributed by atoms with Crippen LogP contribution in [-0.4, -0.2) is 34.1 Å². The average Bonchev–Trinajstić information content (AvgIpc) is 2.91. The number of fused-ring (bicyclic) bond motifs is 1. The van der Waals surface area contributed by atoms with Crippen LogP contribution in [0.4, 0.5) is 5.69 Å². The van der Waals surface area contributed by atoms with Crippen molar-refractivity contribution in [2.75, 3.05) is 11.5 Å². The molecule has 1 N–H and O–H groups in total. The molecular weight excluding hydrogens is 470 g/mol. The van der Waals surface area contributed by atoms with Crippen LogP contribution in [0.3, 0.4) is 0 Å². The van der Waals surface area contributed by atoms with Gasteiger partial charge in [0.15, 0.2) is 12.1 Å². The zero-order valence-corrected chi connectivity index (χ0v) is 20.3. The number of rotatable bonds is 7. The Balaban J connectivity index is 1.50. The first-order valence-corrected chi connectivity index (χ1v) is 11.9. The second kappa shape index (κ2) is 10.2. The first-order chi connectivity index (χ1) is 18.0. The Morgan fingerprint density at radius 1 is 1.11 bits per heavy atom. The van der Waals surface area contributed by atoms with E-state index >= 15 is 0 Å². The maximum Gasteiger partial charge on any atom is 0.376 e. The van der Waals surface area contributed by atoms with Gasteiger partial charge in [-0.2, -0.15) is 0 Å². The van der Waals surface area contributed by atoms with Gasteiger partial charge in [0.2, 0.25) is 0 Å². The summed E-state index contributed by atoms with van der Waals surface area (Å²) in [6.07, 6.45) is 1.24. The maximum atomic E-state index is 12.1. The molecule has 8 nitrogen and oxygen atoms in total. The summed E-state index contributed by atoms with van der Waals surface area (Å²) < 4.78 is 10.8. The minimum absolute atomic E-state index is 0.245. The van der Waals surface area contributed by atoms with Gasteiger partial charge in [-0.1, -0.05) is 72.4 Å². The van der Waals surface area contributed by atoms with Crippen LogP contribution >= 0.6 is 0 Å². The van der Waals surface area contributed by atoms with Gasteiger partial charge in [-0.3, -0.25) is 0 Å². The Hall–Kier alpha value is -4.56. The number of nitrogens with zero attached hydrogens (tertiary/aromatic N) is 3. The molecule has 8 heteroatoms. The third kappa shape index (κ3) is 4.79. The number of carbonyl (C=O) groups is 1. The molecule has 5 rings (SSSR count). The van der Waals surface area contributed by atoms with Crippen molar-refractivity contribution in [3.05, 3.63) is 112 Å². The fourth-order valence-corrected chi connectivity index (χ4v) is 4.73. The van der Waals surface area contributed by atoms with E-state index in [0.29, 0.717) is 31.1 Å². The molecule has 0 spiro atoms. The van der Waals surface area contributed by atoms with Crippen molar-refractivity contribution in [2.24, 2.45) is 0 Å². The van der Waals surface area contributed by atoms with Gasteiger partial charge in [0, 0.05) is 18.7 Å². The van der Waals surface area contributed by atoms with Crippen LogP contribution < -0.4 is 10.5 Å². The Bertz CT molecular complexity index is 1510. The van der Waals surface area contributed by atoms with Crippen molar-refractivity contribution in [3.8, 4) is 22.5 Å². The molecule has 3 aromatic carbocycles. The van der Waals surface area contributed by atoms with E-state index in [-0.39, 0.29) is 5.56 Å². The predicted molar refractivity (Wildman–Crippen MR) is 139 cm³/mol. The number of hydrogen-bond donors (Lipinski definition) is 1. The van der Waals surface area contributed by atoms with E-state index in [1.165, 1.54) is 0 Å². The smallest absolute Gasteiger partial charge is 0.376 e. The van der Waals surface area contributed by atoms with E-state index in [1.54, 1.807) is 12.1 Å². The highest BCUT2D eigenvalue weighted by Gasteiger charge is 2.33. The van der Waals surface area contributed by atoms with Crippen LogP contribution in [0.1, 0.15) is 28.4 Å². The van der Waals surface area contributed by atoms with Gasteiger partial charge < -0.3 is 19.3 Å². The Kier molecular flexibility index (Phi) is 6.66. The number of carboxylic acids is 1. The summed E-state index contributed by atoms with van der Waals surface area (Å²) >= 11 is 0. The highest BCUT2D eigenvalue weighted by molar-refractivity contribution is 5.96. The van der Waals surface area contributed by atoms with Crippen LogP contribution in [0.2, 0.25) is 0 Å². The van der Waals surface area contributed by atoms with Gasteiger partial charge in [-0.05, 0) is 47.2 Å². The topological polar surface area (TPSA) is 106 Å². The standard InChI is InChI=1S/C29H25N3O5/c1-3-36-28-18(2)15-21-7-6-10-24(29(34)35)26(21)32(28)17-19-11-13-20(14-12-19)22-8-4-5-9-23(22)27-30-16-25(33)37-31-27/h4-14,16,28H,2-3,15,17H2,1H3,(H,34,35). The monoisotopic (exact) mass is 495 g/mol. The summed E-state index contributed by atoms with van der Waals surface area (Å²) in [6.45, 7) is 7.05.